The van der Waals surface area contributed by atoms with Gasteiger partial charge in [-0.1, -0.05) is 45.3 Å². The van der Waals surface area contributed by atoms with Crippen molar-refractivity contribution in [2.75, 3.05) is 19.8 Å². The van der Waals surface area contributed by atoms with Gasteiger partial charge in [0.25, 0.3) is 0 Å². The summed E-state index contributed by atoms with van der Waals surface area (Å²) in [5.74, 6) is -1.58. The maximum absolute atomic E-state index is 14.7. The van der Waals surface area contributed by atoms with Gasteiger partial charge in [-0.15, -0.1) is 24.9 Å². The first-order valence-corrected chi connectivity index (χ1v) is 15.3. The zero-order valence-electron chi connectivity index (χ0n) is 23.4. The van der Waals surface area contributed by atoms with Gasteiger partial charge in [0.15, 0.2) is 0 Å². The van der Waals surface area contributed by atoms with Crippen LogP contribution in [0.3, 0.4) is 0 Å². The lowest BCUT2D eigenvalue weighted by Gasteiger charge is -2.42. The number of likely N-dealkylation sites (tertiary alicyclic amines) is 1. The highest BCUT2D eigenvalue weighted by Gasteiger charge is 2.78. The van der Waals surface area contributed by atoms with Gasteiger partial charge >= 0.3 is 5.97 Å². The van der Waals surface area contributed by atoms with Crippen molar-refractivity contribution in [2.24, 2.45) is 17.8 Å². The summed E-state index contributed by atoms with van der Waals surface area (Å²) in [6.07, 6.45) is 11.3. The van der Waals surface area contributed by atoms with Crippen LogP contribution in [-0.4, -0.2) is 80.1 Å². The Morgan fingerprint density at radius 2 is 1.92 bits per heavy atom. The molecule has 212 valence electrons. The summed E-state index contributed by atoms with van der Waals surface area (Å²) in [4.78, 5) is 46.2. The van der Waals surface area contributed by atoms with Crippen molar-refractivity contribution < 1.29 is 24.2 Å². The Kier molecular flexibility index (Phi) is 9.02. The van der Waals surface area contributed by atoms with Crippen LogP contribution in [0, 0.1) is 17.8 Å². The fourth-order valence-electron chi connectivity index (χ4n) is 7.65. The number of thioether (sulfide) groups is 1. The molecule has 3 saturated heterocycles. The molecule has 0 aromatic rings. The van der Waals surface area contributed by atoms with E-state index in [4.69, 9.17) is 4.74 Å². The van der Waals surface area contributed by atoms with Crippen LogP contribution in [-0.2, 0) is 19.1 Å². The quantitative estimate of drug-likeness (QED) is 0.223. The molecule has 4 aliphatic rings. The summed E-state index contributed by atoms with van der Waals surface area (Å²) >= 11 is 1.66. The van der Waals surface area contributed by atoms with Crippen LogP contribution in [0.2, 0.25) is 0 Å². The standard InChI is InChI=1S/C30H46N2O5S/c1-6-8-17-37-28(36)24-23-26(34)32(22(19-33)18-20(3)4)25(30(23)15-14-29(24,5)38-30)27(35)31(16-7-2)21-12-10-9-11-13-21/h6-7,20-25,33H,1-2,8-19H2,3-5H3/t22-,23+,24+,25?,29-,30?/m1/s1. The van der Waals surface area contributed by atoms with Gasteiger partial charge in [-0.05, 0) is 51.4 Å². The van der Waals surface area contributed by atoms with E-state index in [1.165, 1.54) is 6.42 Å². The monoisotopic (exact) mass is 546 g/mol. The Labute approximate surface area is 232 Å². The van der Waals surface area contributed by atoms with Gasteiger partial charge in [-0.25, -0.2) is 0 Å². The molecule has 4 rings (SSSR count). The number of hydrogen-bond donors (Lipinski definition) is 1. The van der Waals surface area contributed by atoms with Gasteiger partial charge in [0.2, 0.25) is 11.8 Å². The van der Waals surface area contributed by atoms with E-state index in [9.17, 15) is 19.5 Å². The van der Waals surface area contributed by atoms with E-state index in [1.807, 2.05) is 4.90 Å². The zero-order chi connectivity index (χ0) is 27.7. The van der Waals surface area contributed by atoms with E-state index in [-0.39, 0.29) is 43.0 Å². The molecule has 1 spiro atoms. The molecule has 3 heterocycles. The first kappa shape index (κ1) is 29.2. The summed E-state index contributed by atoms with van der Waals surface area (Å²) in [7, 11) is 0. The van der Waals surface area contributed by atoms with Gasteiger partial charge in [0, 0.05) is 17.3 Å². The van der Waals surface area contributed by atoms with E-state index in [0.29, 0.717) is 25.8 Å². The average Bonchev–Trinajstić information content (AvgIpc) is 3.46. The van der Waals surface area contributed by atoms with Crippen molar-refractivity contribution in [2.45, 2.75) is 106 Å². The third-order valence-electron chi connectivity index (χ3n) is 9.24. The summed E-state index contributed by atoms with van der Waals surface area (Å²) in [5, 5.41) is 10.5. The van der Waals surface area contributed by atoms with Crippen LogP contribution in [0.4, 0.5) is 0 Å². The van der Waals surface area contributed by atoms with Crippen molar-refractivity contribution in [3.8, 4) is 0 Å². The second kappa shape index (κ2) is 11.7. The predicted molar refractivity (Wildman–Crippen MR) is 150 cm³/mol. The smallest absolute Gasteiger partial charge is 0.311 e. The van der Waals surface area contributed by atoms with Crippen LogP contribution in [0.1, 0.15) is 78.6 Å². The van der Waals surface area contributed by atoms with Crippen molar-refractivity contribution in [1.29, 1.82) is 0 Å². The van der Waals surface area contributed by atoms with Crippen LogP contribution >= 0.6 is 11.8 Å². The van der Waals surface area contributed by atoms with Gasteiger partial charge in [0.1, 0.15) is 6.04 Å². The number of fused-ring (bicyclic) bond motifs is 1. The minimum Gasteiger partial charge on any atom is -0.465 e. The molecule has 2 unspecified atom stereocenters. The molecule has 0 aromatic heterocycles. The largest absolute Gasteiger partial charge is 0.465 e. The fraction of sp³-hybridized carbons (Fsp3) is 0.767. The summed E-state index contributed by atoms with van der Waals surface area (Å²) < 4.78 is 4.48. The second-order valence-corrected chi connectivity index (χ2v) is 14.2. The van der Waals surface area contributed by atoms with Gasteiger partial charge in [0.05, 0.1) is 35.8 Å². The van der Waals surface area contributed by atoms with Crippen LogP contribution < -0.4 is 0 Å². The number of amides is 2. The lowest BCUT2D eigenvalue weighted by Crippen LogP contribution is -2.59. The molecule has 0 radical (unpaired) electrons. The van der Waals surface area contributed by atoms with Crippen molar-refractivity contribution >= 4 is 29.5 Å². The number of nitrogens with zero attached hydrogens (tertiary/aromatic N) is 2. The number of ether oxygens (including phenoxy) is 1. The molecule has 8 heteroatoms. The van der Waals surface area contributed by atoms with Crippen molar-refractivity contribution in [3.63, 3.8) is 0 Å². The molecular formula is C30H46N2O5S. The van der Waals surface area contributed by atoms with Crippen molar-refractivity contribution in [1.82, 2.24) is 9.80 Å². The van der Waals surface area contributed by atoms with Crippen LogP contribution in [0.25, 0.3) is 0 Å². The highest BCUT2D eigenvalue weighted by Crippen LogP contribution is 2.72. The topological polar surface area (TPSA) is 87.1 Å². The summed E-state index contributed by atoms with van der Waals surface area (Å²) in [5.41, 5.74) is 0. The normalized spacial score (nSPS) is 33.3. The number of carbonyl (C=O) groups excluding carboxylic acids is 3. The summed E-state index contributed by atoms with van der Waals surface area (Å²) in [6, 6.07) is -1.06. The lowest BCUT2D eigenvalue weighted by atomic mass is 9.66. The molecule has 1 saturated carbocycles. The number of carbonyl (C=O) groups is 3. The van der Waals surface area contributed by atoms with E-state index in [2.05, 4.69) is 33.9 Å². The van der Waals surface area contributed by atoms with E-state index < -0.39 is 33.4 Å². The first-order valence-electron chi connectivity index (χ1n) is 14.5. The Morgan fingerprint density at radius 3 is 2.53 bits per heavy atom. The zero-order valence-corrected chi connectivity index (χ0v) is 24.2. The maximum atomic E-state index is 14.7. The van der Waals surface area contributed by atoms with Gasteiger partial charge in [-0.2, -0.15) is 0 Å². The predicted octanol–water partition coefficient (Wildman–Crippen LogP) is 4.34. The number of aliphatic hydroxyl groups is 1. The third kappa shape index (κ3) is 4.96. The molecule has 3 aliphatic heterocycles. The molecule has 6 atom stereocenters. The highest BCUT2D eigenvalue weighted by molar-refractivity contribution is 8.02. The van der Waals surface area contributed by atoms with Crippen molar-refractivity contribution in [3.05, 3.63) is 25.3 Å². The molecule has 38 heavy (non-hydrogen) atoms. The molecule has 2 bridgehead atoms. The lowest BCUT2D eigenvalue weighted by molar-refractivity contribution is -0.156. The molecule has 4 fully saturated rings. The highest BCUT2D eigenvalue weighted by atomic mass is 32.2. The van der Waals surface area contributed by atoms with Gasteiger partial charge in [-0.3, -0.25) is 14.4 Å². The first-order chi connectivity index (χ1) is 18.1. The summed E-state index contributed by atoms with van der Waals surface area (Å²) in [6.45, 7) is 14.3. The number of esters is 1. The molecule has 2 amide bonds. The van der Waals surface area contributed by atoms with E-state index >= 15 is 0 Å². The average molecular weight is 547 g/mol. The van der Waals surface area contributed by atoms with Crippen LogP contribution in [0.5, 0.6) is 0 Å². The minimum absolute atomic E-state index is 0.0488. The Morgan fingerprint density at radius 1 is 1.21 bits per heavy atom. The maximum Gasteiger partial charge on any atom is 0.311 e. The molecule has 1 N–H and O–H groups in total. The Balaban J connectivity index is 1.77. The minimum atomic E-state index is -0.712. The molecular weight excluding hydrogens is 500 g/mol. The molecule has 7 nitrogen and oxygen atoms in total. The number of aliphatic hydroxyl groups excluding tert-OH is 1. The fourth-order valence-corrected chi connectivity index (χ4v) is 9.98. The number of hydrogen-bond acceptors (Lipinski definition) is 6. The Hall–Kier alpha value is -1.80. The number of rotatable bonds is 12. The Bertz CT molecular complexity index is 934. The van der Waals surface area contributed by atoms with Crippen LogP contribution in [0.15, 0.2) is 25.3 Å². The second-order valence-electron chi connectivity index (χ2n) is 12.3. The molecule has 0 aromatic carbocycles. The van der Waals surface area contributed by atoms with Gasteiger partial charge < -0.3 is 19.6 Å². The van der Waals surface area contributed by atoms with E-state index in [0.717, 1.165) is 32.1 Å². The SMILES string of the molecule is C=CCCOC(=O)[C@@H]1[C@H]2C(=O)N([C@@H](CO)CC(C)C)C(C(=O)N(CC=C)C3CCCCC3)C23CC[C@@]1(C)S3. The molecule has 1 aliphatic carbocycles. The third-order valence-corrected chi connectivity index (χ3v) is 11.2. The van der Waals surface area contributed by atoms with E-state index in [1.54, 1.807) is 28.8 Å².